The van der Waals surface area contributed by atoms with Crippen LogP contribution in [0, 0.1) is 5.92 Å². The number of rotatable bonds is 30. The average molecular weight is 533 g/mol. The van der Waals surface area contributed by atoms with Gasteiger partial charge < -0.3 is 10.2 Å². The summed E-state index contributed by atoms with van der Waals surface area (Å²) in [4.78, 5) is 0. The number of unbranched alkanes of at least 4 members (excludes halogenated alkanes) is 16. The van der Waals surface area contributed by atoms with Crippen molar-refractivity contribution in [1.29, 1.82) is 0 Å². The Morgan fingerprint density at radius 2 is 1.00 bits per heavy atom. The van der Waals surface area contributed by atoms with Gasteiger partial charge in [-0.3, -0.25) is 0 Å². The molecule has 0 aliphatic heterocycles. The van der Waals surface area contributed by atoms with Crippen LogP contribution in [0.25, 0.3) is 0 Å². The first kappa shape index (κ1) is 37.1. The van der Waals surface area contributed by atoms with Gasteiger partial charge in [0, 0.05) is 13.2 Å². The maximum atomic E-state index is 9.02. The van der Waals surface area contributed by atoms with Gasteiger partial charge in [-0.25, -0.2) is 0 Å². The summed E-state index contributed by atoms with van der Waals surface area (Å²) in [6.07, 6.45) is 43.7. The Bertz CT molecular complexity index is 533. The first-order chi connectivity index (χ1) is 18.8. The van der Waals surface area contributed by atoms with E-state index in [2.05, 4.69) is 44.2 Å². The minimum absolute atomic E-state index is 0.342. The summed E-state index contributed by atoms with van der Waals surface area (Å²) >= 11 is 0. The van der Waals surface area contributed by atoms with Crippen molar-refractivity contribution in [2.75, 3.05) is 13.2 Å². The largest absolute Gasteiger partial charge is 0.396 e. The van der Waals surface area contributed by atoms with Crippen molar-refractivity contribution in [3.05, 3.63) is 36.0 Å². The molecule has 0 aliphatic rings. The number of hydrogen-bond acceptors (Lipinski definition) is 2. The van der Waals surface area contributed by atoms with E-state index in [1.165, 1.54) is 141 Å². The predicted molar refractivity (Wildman–Crippen MR) is 171 cm³/mol. The summed E-state index contributed by atoms with van der Waals surface area (Å²) in [6, 6.07) is 0. The monoisotopic (exact) mass is 533 g/mol. The normalized spacial score (nSPS) is 13.3. The van der Waals surface area contributed by atoms with Crippen LogP contribution in [0.1, 0.15) is 174 Å². The van der Waals surface area contributed by atoms with E-state index in [1.807, 2.05) is 0 Å². The summed E-state index contributed by atoms with van der Waals surface area (Å²) in [5.41, 5.74) is 1.73. The van der Waals surface area contributed by atoms with Gasteiger partial charge in [-0.1, -0.05) is 133 Å². The zero-order valence-corrected chi connectivity index (χ0v) is 26.0. The number of allylic oxidation sites excluding steroid dienone is 6. The van der Waals surface area contributed by atoms with Gasteiger partial charge in [-0.15, -0.1) is 0 Å². The van der Waals surface area contributed by atoms with Gasteiger partial charge in [0.05, 0.1) is 0 Å². The highest BCUT2D eigenvalue weighted by molar-refractivity contribution is 5.10. The number of aliphatic hydroxyl groups excluding tert-OH is 2. The second-order valence-electron chi connectivity index (χ2n) is 11.5. The zero-order chi connectivity index (χ0) is 27.8. The molecule has 0 aromatic carbocycles. The molecule has 0 fully saturated rings. The van der Waals surface area contributed by atoms with Crippen molar-refractivity contribution in [2.24, 2.45) is 5.92 Å². The maximum Gasteiger partial charge on any atom is 0.0431 e. The molecule has 1 unspecified atom stereocenters. The van der Waals surface area contributed by atoms with Gasteiger partial charge >= 0.3 is 0 Å². The smallest absolute Gasteiger partial charge is 0.0431 e. The lowest BCUT2D eigenvalue weighted by Gasteiger charge is -2.21. The molecule has 0 saturated heterocycles. The topological polar surface area (TPSA) is 40.5 Å². The molecule has 0 aliphatic carbocycles. The Morgan fingerprint density at radius 3 is 1.58 bits per heavy atom. The van der Waals surface area contributed by atoms with Crippen molar-refractivity contribution >= 4 is 0 Å². The number of hydrogen-bond donors (Lipinski definition) is 2. The van der Waals surface area contributed by atoms with E-state index in [0.717, 1.165) is 25.2 Å². The van der Waals surface area contributed by atoms with Crippen LogP contribution in [0.2, 0.25) is 0 Å². The molecular formula is C36H68O2. The van der Waals surface area contributed by atoms with E-state index in [-0.39, 0.29) is 0 Å². The van der Waals surface area contributed by atoms with Crippen LogP contribution in [-0.4, -0.2) is 23.4 Å². The lowest BCUT2D eigenvalue weighted by atomic mass is 9.85. The third-order valence-corrected chi connectivity index (χ3v) is 7.84. The van der Waals surface area contributed by atoms with E-state index in [4.69, 9.17) is 10.2 Å². The molecule has 0 amide bonds. The molecule has 1 atom stereocenters. The predicted octanol–water partition coefficient (Wildman–Crippen LogP) is 11.4. The summed E-state index contributed by atoms with van der Waals surface area (Å²) in [7, 11) is 0. The molecule has 0 rings (SSSR count). The minimum Gasteiger partial charge on any atom is -0.396 e. The summed E-state index contributed by atoms with van der Waals surface area (Å²) in [6.45, 7) is 5.25. The molecule has 0 heterocycles. The Morgan fingerprint density at radius 1 is 0.500 bits per heavy atom. The van der Waals surface area contributed by atoms with Gasteiger partial charge in [0.2, 0.25) is 0 Å². The molecule has 224 valence electrons. The van der Waals surface area contributed by atoms with Crippen LogP contribution in [-0.2, 0) is 0 Å². The standard InChI is InChI=1S/C36H68O2/c1-3-5-7-9-11-17-23-29-35(31-25-19-13-15-21-27-33-37)36(30-24-18-12-10-8-6-4-2)32-26-20-14-16-22-28-34-38/h11-12,17-18,29,36-38H,3-10,13-16,19-28,30-34H2,1-2H3/b17-11-,18-12+,35-29-. The highest BCUT2D eigenvalue weighted by Crippen LogP contribution is 2.29. The van der Waals surface area contributed by atoms with Crippen molar-refractivity contribution in [1.82, 2.24) is 0 Å². The third-order valence-electron chi connectivity index (χ3n) is 7.84. The Labute approximate surface area is 239 Å². The fourth-order valence-corrected chi connectivity index (χ4v) is 5.34. The van der Waals surface area contributed by atoms with Gasteiger partial charge in [-0.05, 0) is 83.0 Å². The maximum absolute atomic E-state index is 9.02. The van der Waals surface area contributed by atoms with Crippen LogP contribution < -0.4 is 0 Å². The molecule has 2 N–H and O–H groups in total. The van der Waals surface area contributed by atoms with E-state index in [0.29, 0.717) is 13.2 Å². The Hall–Kier alpha value is -0.860. The molecule has 0 aromatic rings. The molecule has 0 radical (unpaired) electrons. The summed E-state index contributed by atoms with van der Waals surface area (Å²) in [5, 5.41) is 18.0. The summed E-state index contributed by atoms with van der Waals surface area (Å²) in [5.74, 6) is 0.732. The van der Waals surface area contributed by atoms with Gasteiger partial charge in [-0.2, -0.15) is 0 Å². The van der Waals surface area contributed by atoms with E-state index in [1.54, 1.807) is 5.57 Å². The molecule has 38 heavy (non-hydrogen) atoms. The van der Waals surface area contributed by atoms with Crippen molar-refractivity contribution in [3.63, 3.8) is 0 Å². The SMILES string of the molecule is CCCCC/C=C\C/C=C(/CCCCCCCCO)C(CC/C=C/CCCCC)CCCCCCCCO. The lowest BCUT2D eigenvalue weighted by Crippen LogP contribution is -2.06. The summed E-state index contributed by atoms with van der Waals surface area (Å²) < 4.78 is 0. The van der Waals surface area contributed by atoms with Crippen LogP contribution in [0.5, 0.6) is 0 Å². The highest BCUT2D eigenvalue weighted by atomic mass is 16.3. The minimum atomic E-state index is 0.342. The van der Waals surface area contributed by atoms with Gasteiger partial charge in [0.15, 0.2) is 0 Å². The number of aliphatic hydroxyl groups is 2. The lowest BCUT2D eigenvalue weighted by molar-refractivity contribution is 0.282. The molecule has 0 bridgehead atoms. The second kappa shape index (κ2) is 32.4. The molecule has 0 spiro atoms. The van der Waals surface area contributed by atoms with Crippen molar-refractivity contribution in [2.45, 2.75) is 174 Å². The van der Waals surface area contributed by atoms with Crippen molar-refractivity contribution < 1.29 is 10.2 Å². The molecular weight excluding hydrogens is 464 g/mol. The van der Waals surface area contributed by atoms with Crippen LogP contribution >= 0.6 is 0 Å². The van der Waals surface area contributed by atoms with Crippen LogP contribution in [0.3, 0.4) is 0 Å². The molecule has 0 aromatic heterocycles. The quantitative estimate of drug-likeness (QED) is 0.0713. The van der Waals surface area contributed by atoms with Crippen LogP contribution in [0.15, 0.2) is 36.0 Å². The van der Waals surface area contributed by atoms with Crippen molar-refractivity contribution in [3.8, 4) is 0 Å². The fraction of sp³-hybridized carbons (Fsp3) is 0.833. The van der Waals surface area contributed by atoms with E-state index in [9.17, 15) is 0 Å². The molecule has 2 nitrogen and oxygen atoms in total. The first-order valence-electron chi connectivity index (χ1n) is 17.0. The van der Waals surface area contributed by atoms with Crippen LogP contribution in [0.4, 0.5) is 0 Å². The van der Waals surface area contributed by atoms with Gasteiger partial charge in [0.25, 0.3) is 0 Å². The first-order valence-corrected chi connectivity index (χ1v) is 17.0. The van der Waals surface area contributed by atoms with Gasteiger partial charge in [0.1, 0.15) is 0 Å². The molecule has 2 heteroatoms. The van der Waals surface area contributed by atoms with E-state index >= 15 is 0 Å². The second-order valence-corrected chi connectivity index (χ2v) is 11.5. The average Bonchev–Trinajstić information content (AvgIpc) is 2.93. The molecule has 0 saturated carbocycles. The van der Waals surface area contributed by atoms with E-state index < -0.39 is 0 Å². The highest BCUT2D eigenvalue weighted by Gasteiger charge is 2.13. The zero-order valence-electron chi connectivity index (χ0n) is 26.0. The fourth-order valence-electron chi connectivity index (χ4n) is 5.34. The Kier molecular flexibility index (Phi) is 31.6. The Balaban J connectivity index is 4.99. The third kappa shape index (κ3) is 26.7.